The predicted molar refractivity (Wildman–Crippen MR) is 97.6 cm³/mol. The first-order valence-electron chi connectivity index (χ1n) is 8.80. The van der Waals surface area contributed by atoms with E-state index in [2.05, 4.69) is 16.0 Å². The number of nitrogens with one attached hydrogen (secondary N) is 3. The number of rotatable bonds is 5. The van der Waals surface area contributed by atoms with Crippen LogP contribution in [0.4, 0.5) is 20.6 Å². The Kier molecular flexibility index (Phi) is 4.11. The fourth-order valence-electron chi connectivity index (χ4n) is 3.01. The van der Waals surface area contributed by atoms with Crippen LogP contribution in [-0.4, -0.2) is 18.0 Å². The fraction of sp³-hybridized carbons (Fsp3) is 0.300. The Balaban J connectivity index is 1.38. The third-order valence-corrected chi connectivity index (χ3v) is 4.89. The van der Waals surface area contributed by atoms with Crippen molar-refractivity contribution in [3.8, 4) is 0 Å². The summed E-state index contributed by atoms with van der Waals surface area (Å²) in [6.45, 7) is 0. The van der Waals surface area contributed by atoms with Gasteiger partial charge < -0.3 is 16.0 Å². The van der Waals surface area contributed by atoms with Crippen LogP contribution in [0.2, 0.25) is 0 Å². The standard InChI is InChI=1S/C20H20FN3O2/c21-14-3-1-13(2-4-14)20(11-12-20)18(25)22-15-5-7-16(8-6-15)23-19(26)24-17-9-10-17/h1-8,17H,9-12H2,(H,22,25)(H2,23,24,26). The van der Waals surface area contributed by atoms with Gasteiger partial charge in [-0.05, 0) is 67.6 Å². The summed E-state index contributed by atoms with van der Waals surface area (Å²) in [5.41, 5.74) is 1.61. The normalized spacial score (nSPS) is 17.3. The van der Waals surface area contributed by atoms with E-state index in [1.807, 2.05) is 0 Å². The van der Waals surface area contributed by atoms with Gasteiger partial charge in [-0.25, -0.2) is 9.18 Å². The number of amides is 3. The third kappa shape index (κ3) is 3.54. The van der Waals surface area contributed by atoms with Gasteiger partial charge in [0.25, 0.3) is 0 Å². The first-order chi connectivity index (χ1) is 12.5. The van der Waals surface area contributed by atoms with Crippen LogP contribution >= 0.6 is 0 Å². The lowest BCUT2D eigenvalue weighted by molar-refractivity contribution is -0.118. The van der Waals surface area contributed by atoms with Gasteiger partial charge in [0.15, 0.2) is 0 Å². The smallest absolute Gasteiger partial charge is 0.319 e. The first-order valence-corrected chi connectivity index (χ1v) is 8.80. The molecule has 4 rings (SSSR count). The molecule has 0 heterocycles. The fourth-order valence-corrected chi connectivity index (χ4v) is 3.01. The highest BCUT2D eigenvalue weighted by molar-refractivity contribution is 6.01. The molecule has 2 aromatic carbocycles. The van der Waals surface area contributed by atoms with Crippen LogP contribution in [0.15, 0.2) is 48.5 Å². The maximum Gasteiger partial charge on any atom is 0.319 e. The van der Waals surface area contributed by atoms with Gasteiger partial charge in [0, 0.05) is 17.4 Å². The molecule has 0 atom stereocenters. The number of carbonyl (C=O) groups excluding carboxylic acids is 2. The zero-order valence-electron chi connectivity index (χ0n) is 14.2. The van der Waals surface area contributed by atoms with E-state index in [4.69, 9.17) is 0 Å². The number of benzene rings is 2. The summed E-state index contributed by atoms with van der Waals surface area (Å²) >= 11 is 0. The zero-order valence-corrected chi connectivity index (χ0v) is 14.2. The van der Waals surface area contributed by atoms with Crippen LogP contribution in [0.5, 0.6) is 0 Å². The van der Waals surface area contributed by atoms with Crippen LogP contribution in [0, 0.1) is 5.82 Å². The molecule has 2 aromatic rings. The lowest BCUT2D eigenvalue weighted by Crippen LogP contribution is -2.30. The molecule has 0 spiro atoms. The molecule has 0 bridgehead atoms. The summed E-state index contributed by atoms with van der Waals surface area (Å²) in [6, 6.07) is 13.2. The van der Waals surface area contributed by atoms with Crippen molar-refractivity contribution in [1.82, 2.24) is 5.32 Å². The van der Waals surface area contributed by atoms with E-state index >= 15 is 0 Å². The van der Waals surface area contributed by atoms with Crippen molar-refractivity contribution in [2.45, 2.75) is 37.1 Å². The molecule has 0 unspecified atom stereocenters. The Morgan fingerprint density at radius 3 is 2.00 bits per heavy atom. The topological polar surface area (TPSA) is 70.2 Å². The highest BCUT2D eigenvalue weighted by atomic mass is 19.1. The second-order valence-electron chi connectivity index (χ2n) is 6.99. The van der Waals surface area contributed by atoms with Crippen molar-refractivity contribution >= 4 is 23.3 Å². The van der Waals surface area contributed by atoms with Gasteiger partial charge >= 0.3 is 6.03 Å². The second kappa shape index (κ2) is 6.44. The van der Waals surface area contributed by atoms with Gasteiger partial charge in [-0.1, -0.05) is 12.1 Å². The van der Waals surface area contributed by atoms with Gasteiger partial charge in [-0.15, -0.1) is 0 Å². The number of anilines is 2. The molecule has 2 fully saturated rings. The van der Waals surface area contributed by atoms with Gasteiger partial charge in [-0.2, -0.15) is 0 Å². The Labute approximate surface area is 151 Å². The van der Waals surface area contributed by atoms with Crippen LogP contribution in [-0.2, 0) is 10.2 Å². The quantitative estimate of drug-likeness (QED) is 0.766. The van der Waals surface area contributed by atoms with Crippen molar-refractivity contribution in [3.05, 3.63) is 59.9 Å². The molecule has 6 heteroatoms. The molecule has 0 radical (unpaired) electrons. The molecule has 2 aliphatic rings. The van der Waals surface area contributed by atoms with E-state index in [1.165, 1.54) is 12.1 Å². The lowest BCUT2D eigenvalue weighted by Gasteiger charge is -2.16. The summed E-state index contributed by atoms with van der Waals surface area (Å²) in [4.78, 5) is 24.4. The molecular weight excluding hydrogens is 333 g/mol. The molecule has 26 heavy (non-hydrogen) atoms. The van der Waals surface area contributed by atoms with Crippen molar-refractivity contribution in [3.63, 3.8) is 0 Å². The summed E-state index contributed by atoms with van der Waals surface area (Å²) in [6.07, 6.45) is 3.58. The summed E-state index contributed by atoms with van der Waals surface area (Å²) in [5, 5.41) is 8.54. The van der Waals surface area contributed by atoms with Crippen LogP contribution < -0.4 is 16.0 Å². The predicted octanol–water partition coefficient (Wildman–Crippen LogP) is 3.78. The third-order valence-electron chi connectivity index (χ3n) is 4.89. The zero-order chi connectivity index (χ0) is 18.1. The first kappa shape index (κ1) is 16.6. The molecule has 5 nitrogen and oxygen atoms in total. The largest absolute Gasteiger partial charge is 0.335 e. The van der Waals surface area contributed by atoms with E-state index in [1.54, 1.807) is 36.4 Å². The van der Waals surface area contributed by atoms with Crippen LogP contribution in [0.1, 0.15) is 31.2 Å². The highest BCUT2D eigenvalue weighted by Crippen LogP contribution is 2.49. The summed E-state index contributed by atoms with van der Waals surface area (Å²) < 4.78 is 13.1. The Morgan fingerprint density at radius 2 is 1.46 bits per heavy atom. The minimum atomic E-state index is -0.561. The van der Waals surface area contributed by atoms with E-state index in [9.17, 15) is 14.0 Å². The maximum atomic E-state index is 13.1. The second-order valence-corrected chi connectivity index (χ2v) is 6.99. The highest BCUT2D eigenvalue weighted by Gasteiger charge is 2.51. The average Bonchev–Trinajstić information content (AvgIpc) is 3.52. The maximum absolute atomic E-state index is 13.1. The van der Waals surface area contributed by atoms with Crippen LogP contribution in [0.3, 0.4) is 0 Å². The van der Waals surface area contributed by atoms with Gasteiger partial charge in [0.2, 0.25) is 5.91 Å². The van der Waals surface area contributed by atoms with Crippen molar-refractivity contribution < 1.29 is 14.0 Å². The molecule has 134 valence electrons. The Bertz CT molecular complexity index is 825. The average molecular weight is 353 g/mol. The van der Waals surface area contributed by atoms with Crippen molar-refractivity contribution in [2.75, 3.05) is 10.6 Å². The molecule has 0 aromatic heterocycles. The minimum Gasteiger partial charge on any atom is -0.335 e. The Morgan fingerprint density at radius 1 is 0.885 bits per heavy atom. The van der Waals surface area contributed by atoms with E-state index in [0.29, 0.717) is 17.4 Å². The molecule has 3 amide bonds. The van der Waals surface area contributed by atoms with Gasteiger partial charge in [0.05, 0.1) is 5.41 Å². The molecule has 0 aliphatic heterocycles. The number of hydrogen-bond donors (Lipinski definition) is 3. The van der Waals surface area contributed by atoms with Crippen LogP contribution in [0.25, 0.3) is 0 Å². The van der Waals surface area contributed by atoms with Gasteiger partial charge in [0.1, 0.15) is 5.82 Å². The summed E-state index contributed by atoms with van der Waals surface area (Å²) in [5.74, 6) is -0.393. The van der Waals surface area contributed by atoms with Gasteiger partial charge in [-0.3, -0.25) is 4.79 Å². The number of urea groups is 1. The summed E-state index contributed by atoms with van der Waals surface area (Å²) in [7, 11) is 0. The molecular formula is C20H20FN3O2. The molecule has 2 aliphatic carbocycles. The van der Waals surface area contributed by atoms with E-state index in [0.717, 1.165) is 31.2 Å². The molecule has 3 N–H and O–H groups in total. The Hall–Kier alpha value is -2.89. The van der Waals surface area contributed by atoms with Crippen molar-refractivity contribution in [1.29, 1.82) is 0 Å². The molecule has 0 saturated heterocycles. The number of halogens is 1. The minimum absolute atomic E-state index is 0.0868. The number of carbonyl (C=O) groups is 2. The lowest BCUT2D eigenvalue weighted by atomic mass is 9.95. The van der Waals surface area contributed by atoms with Crippen molar-refractivity contribution in [2.24, 2.45) is 0 Å². The van der Waals surface area contributed by atoms with E-state index < -0.39 is 5.41 Å². The SMILES string of the molecule is O=C(Nc1ccc(NC(=O)C2(c3ccc(F)cc3)CC2)cc1)NC1CC1. The number of hydrogen-bond acceptors (Lipinski definition) is 2. The molecule has 2 saturated carbocycles. The van der Waals surface area contributed by atoms with E-state index in [-0.39, 0.29) is 17.8 Å². The monoisotopic (exact) mass is 353 g/mol.